The SMILES string of the molecule is O=c1ccn([C@@H]2O[C@H](COP(=O)(O)OP(=O)(O)O)C(O)[C@@H]2O)c(=O)n1CCc1ccc(F)cc1. The maximum Gasteiger partial charge on any atom is 0.481 e. The molecular weight excluding hydrogens is 505 g/mol. The van der Waals surface area contributed by atoms with Crippen LogP contribution in [0.15, 0.2) is 46.1 Å². The molecule has 1 aromatic heterocycles. The highest BCUT2D eigenvalue weighted by Crippen LogP contribution is 2.57. The Balaban J connectivity index is 1.75. The van der Waals surface area contributed by atoms with E-state index in [0.29, 0.717) is 5.56 Å². The van der Waals surface area contributed by atoms with Crippen molar-refractivity contribution in [3.63, 3.8) is 0 Å². The van der Waals surface area contributed by atoms with Crippen molar-refractivity contribution >= 4 is 15.6 Å². The van der Waals surface area contributed by atoms with Crippen LogP contribution in [0, 0.1) is 5.82 Å². The zero-order chi connectivity index (χ0) is 25.3. The summed E-state index contributed by atoms with van der Waals surface area (Å²) >= 11 is 0. The van der Waals surface area contributed by atoms with Crippen LogP contribution in [0.5, 0.6) is 0 Å². The number of ether oxygens (including phenoxy) is 1. The lowest BCUT2D eigenvalue weighted by Gasteiger charge is -2.19. The van der Waals surface area contributed by atoms with Gasteiger partial charge in [-0.1, -0.05) is 12.1 Å². The lowest BCUT2D eigenvalue weighted by Crippen LogP contribution is -2.43. The predicted octanol–water partition coefficient (Wildman–Crippen LogP) is -0.763. The molecule has 1 fully saturated rings. The van der Waals surface area contributed by atoms with Crippen molar-refractivity contribution in [1.29, 1.82) is 0 Å². The lowest BCUT2D eigenvalue weighted by atomic mass is 10.1. The van der Waals surface area contributed by atoms with E-state index in [-0.39, 0.29) is 13.0 Å². The quantitative estimate of drug-likeness (QED) is 0.256. The molecule has 1 saturated heterocycles. The molecule has 0 spiro atoms. The minimum atomic E-state index is -5.37. The van der Waals surface area contributed by atoms with Gasteiger partial charge in [0.05, 0.1) is 6.61 Å². The Labute approximate surface area is 190 Å². The van der Waals surface area contributed by atoms with Gasteiger partial charge in [-0.2, -0.15) is 4.31 Å². The summed E-state index contributed by atoms with van der Waals surface area (Å²) < 4.78 is 50.4. The number of hydrogen-bond donors (Lipinski definition) is 5. The van der Waals surface area contributed by atoms with Crippen LogP contribution in [-0.2, 0) is 35.7 Å². The highest BCUT2D eigenvalue weighted by Gasteiger charge is 2.45. The molecule has 0 bridgehead atoms. The molecule has 17 heteroatoms. The van der Waals surface area contributed by atoms with E-state index in [1.807, 2.05) is 0 Å². The highest BCUT2D eigenvalue weighted by molar-refractivity contribution is 7.60. The maximum absolute atomic E-state index is 13.0. The molecule has 0 amide bonds. The van der Waals surface area contributed by atoms with Gasteiger partial charge in [0.2, 0.25) is 0 Å². The third-order valence-electron chi connectivity index (χ3n) is 4.86. The van der Waals surface area contributed by atoms with Gasteiger partial charge in [-0.15, -0.1) is 0 Å². The fraction of sp³-hybridized carbons (Fsp3) is 0.412. The van der Waals surface area contributed by atoms with Gasteiger partial charge in [0, 0.05) is 18.8 Å². The van der Waals surface area contributed by atoms with E-state index < -0.39 is 63.9 Å². The zero-order valence-electron chi connectivity index (χ0n) is 17.2. The molecule has 1 aliphatic heterocycles. The molecule has 1 aromatic carbocycles. The average Bonchev–Trinajstić information content (AvgIpc) is 3.00. The molecule has 2 aromatic rings. The average molecular weight is 526 g/mol. The van der Waals surface area contributed by atoms with Crippen LogP contribution < -0.4 is 11.2 Å². The Morgan fingerprint density at radius 1 is 1.03 bits per heavy atom. The van der Waals surface area contributed by atoms with E-state index in [9.17, 15) is 38.2 Å². The summed E-state index contributed by atoms with van der Waals surface area (Å²) in [4.78, 5) is 51.6. The van der Waals surface area contributed by atoms with E-state index in [0.717, 1.165) is 21.4 Å². The van der Waals surface area contributed by atoms with Crippen molar-refractivity contribution in [2.24, 2.45) is 0 Å². The molecule has 5 atom stereocenters. The summed E-state index contributed by atoms with van der Waals surface area (Å²) in [6, 6.07) is 6.45. The Morgan fingerprint density at radius 2 is 1.68 bits per heavy atom. The molecule has 0 aliphatic carbocycles. The Kier molecular flexibility index (Phi) is 8.05. The lowest BCUT2D eigenvalue weighted by molar-refractivity contribution is -0.0548. The van der Waals surface area contributed by atoms with Crippen molar-refractivity contribution in [3.8, 4) is 0 Å². The molecule has 1 aliphatic rings. The number of phosphoric acid groups is 2. The number of benzene rings is 1. The van der Waals surface area contributed by atoms with E-state index >= 15 is 0 Å². The Morgan fingerprint density at radius 3 is 2.29 bits per heavy atom. The maximum atomic E-state index is 13.0. The standard InChI is InChI=1S/C17H21FN2O12P2/c18-11-3-1-10(2-4-11)5-7-19-13(21)6-8-20(17(19)24)16-15(23)14(22)12(31-16)9-30-34(28,29)32-33(25,26)27/h1-4,6,8,12,14-16,22-23H,5,7,9H2,(H,28,29)(H2,25,26,27)/t12-,14?,15+,16-/m1/s1. The van der Waals surface area contributed by atoms with Crippen molar-refractivity contribution in [2.45, 2.75) is 37.5 Å². The predicted molar refractivity (Wildman–Crippen MR) is 110 cm³/mol. The number of rotatable bonds is 9. The minimum Gasteiger partial charge on any atom is -0.387 e. The number of phosphoric ester groups is 1. The van der Waals surface area contributed by atoms with Crippen LogP contribution in [0.25, 0.3) is 0 Å². The molecule has 34 heavy (non-hydrogen) atoms. The van der Waals surface area contributed by atoms with Gasteiger partial charge in [0.15, 0.2) is 6.23 Å². The Bertz CT molecular complexity index is 1230. The molecular formula is C17H21FN2O12P2. The van der Waals surface area contributed by atoms with Crippen LogP contribution in [-0.4, -0.2) is 58.9 Å². The van der Waals surface area contributed by atoms with Crippen LogP contribution in [0.1, 0.15) is 11.8 Å². The summed E-state index contributed by atoms with van der Waals surface area (Å²) in [6.07, 6.45) is -5.29. The number of halogens is 1. The van der Waals surface area contributed by atoms with Gasteiger partial charge >= 0.3 is 21.3 Å². The molecule has 14 nitrogen and oxygen atoms in total. The first-order valence-electron chi connectivity index (χ1n) is 9.60. The number of aliphatic hydroxyl groups is 2. The van der Waals surface area contributed by atoms with Gasteiger partial charge in [-0.05, 0) is 24.1 Å². The van der Waals surface area contributed by atoms with E-state index in [1.165, 1.54) is 24.3 Å². The fourth-order valence-electron chi connectivity index (χ4n) is 3.25. The Hall–Kier alpha value is -2.03. The summed E-state index contributed by atoms with van der Waals surface area (Å²) in [7, 11) is -10.6. The van der Waals surface area contributed by atoms with Gasteiger partial charge < -0.3 is 29.6 Å². The highest BCUT2D eigenvalue weighted by atomic mass is 31.3. The second kappa shape index (κ2) is 10.3. The zero-order valence-corrected chi connectivity index (χ0v) is 18.9. The molecule has 2 unspecified atom stereocenters. The number of hydrogen-bond acceptors (Lipinski definition) is 9. The van der Waals surface area contributed by atoms with E-state index in [1.54, 1.807) is 0 Å². The number of aryl methyl sites for hydroxylation is 1. The van der Waals surface area contributed by atoms with Gasteiger partial charge in [-0.25, -0.2) is 18.3 Å². The summed E-state index contributed by atoms with van der Waals surface area (Å²) in [5, 5.41) is 20.5. The number of nitrogens with zero attached hydrogens (tertiary/aromatic N) is 2. The monoisotopic (exact) mass is 526 g/mol. The normalized spacial score (nSPS) is 24.8. The van der Waals surface area contributed by atoms with Crippen LogP contribution in [0.4, 0.5) is 4.39 Å². The van der Waals surface area contributed by atoms with Crippen molar-refractivity contribution in [1.82, 2.24) is 9.13 Å². The van der Waals surface area contributed by atoms with Crippen LogP contribution in [0.2, 0.25) is 0 Å². The van der Waals surface area contributed by atoms with Gasteiger partial charge in [0.25, 0.3) is 5.56 Å². The summed E-state index contributed by atoms with van der Waals surface area (Å²) in [5.41, 5.74) is -0.906. The van der Waals surface area contributed by atoms with Crippen molar-refractivity contribution < 1.29 is 52.0 Å². The van der Waals surface area contributed by atoms with Crippen LogP contribution in [0.3, 0.4) is 0 Å². The first-order valence-corrected chi connectivity index (χ1v) is 12.6. The topological polar surface area (TPSA) is 207 Å². The number of aliphatic hydroxyl groups excluding tert-OH is 2. The first-order chi connectivity index (χ1) is 15.8. The molecule has 188 valence electrons. The van der Waals surface area contributed by atoms with E-state index in [2.05, 4.69) is 8.83 Å². The van der Waals surface area contributed by atoms with E-state index in [4.69, 9.17) is 14.5 Å². The largest absolute Gasteiger partial charge is 0.481 e. The third-order valence-corrected chi connectivity index (χ3v) is 7.01. The summed E-state index contributed by atoms with van der Waals surface area (Å²) in [5.74, 6) is -0.446. The molecule has 5 N–H and O–H groups in total. The summed E-state index contributed by atoms with van der Waals surface area (Å²) in [6.45, 7) is -1.03. The van der Waals surface area contributed by atoms with Crippen molar-refractivity contribution in [2.75, 3.05) is 6.61 Å². The van der Waals surface area contributed by atoms with Crippen LogP contribution >= 0.6 is 15.6 Å². The molecule has 0 saturated carbocycles. The fourth-order valence-corrected chi connectivity index (χ4v) is 4.84. The second-order valence-electron chi connectivity index (χ2n) is 7.25. The first kappa shape index (κ1) is 26.6. The molecule has 0 radical (unpaired) electrons. The van der Waals surface area contributed by atoms with Gasteiger partial charge in [0.1, 0.15) is 24.1 Å². The second-order valence-corrected chi connectivity index (χ2v) is 10.1. The number of aromatic nitrogens is 2. The van der Waals surface area contributed by atoms with Gasteiger partial charge in [-0.3, -0.25) is 18.5 Å². The molecule has 2 heterocycles. The third kappa shape index (κ3) is 6.55. The minimum absolute atomic E-state index is 0.0878. The molecule has 3 rings (SSSR count). The smallest absolute Gasteiger partial charge is 0.387 e. The van der Waals surface area contributed by atoms with Crippen molar-refractivity contribution in [3.05, 3.63) is 68.7 Å².